The Balaban J connectivity index is 1.53. The number of hydrogen-bond acceptors (Lipinski definition) is 2. The van der Waals surface area contributed by atoms with E-state index in [0.29, 0.717) is 12.0 Å². The van der Waals surface area contributed by atoms with Crippen LogP contribution in [0.4, 0.5) is 0 Å². The van der Waals surface area contributed by atoms with Gasteiger partial charge in [-0.25, -0.2) is 0 Å². The molecule has 152 valence electrons. The van der Waals surface area contributed by atoms with Crippen molar-refractivity contribution in [3.63, 3.8) is 0 Å². The number of carbonyl (C=O) groups is 2. The van der Waals surface area contributed by atoms with Gasteiger partial charge in [0.05, 0.1) is 6.04 Å². The van der Waals surface area contributed by atoms with E-state index in [0.717, 1.165) is 24.8 Å². The van der Waals surface area contributed by atoms with Crippen molar-refractivity contribution in [2.75, 3.05) is 0 Å². The van der Waals surface area contributed by atoms with Gasteiger partial charge in [0.15, 0.2) is 0 Å². The predicted octanol–water partition coefficient (Wildman–Crippen LogP) is 4.22. The highest BCUT2D eigenvalue weighted by Gasteiger charge is 2.27. The average molecular weight is 399 g/mol. The Morgan fingerprint density at radius 2 is 1.53 bits per heavy atom. The fourth-order valence-corrected chi connectivity index (χ4v) is 4.07. The van der Waals surface area contributed by atoms with E-state index >= 15 is 0 Å². The van der Waals surface area contributed by atoms with E-state index in [1.807, 2.05) is 60.7 Å². The highest BCUT2D eigenvalue weighted by atomic mass is 16.2. The third-order valence-corrected chi connectivity index (χ3v) is 5.63. The summed E-state index contributed by atoms with van der Waals surface area (Å²) < 4.78 is 0. The van der Waals surface area contributed by atoms with Crippen LogP contribution in [0.25, 0.3) is 0 Å². The molecule has 1 aliphatic carbocycles. The topological polar surface area (TPSA) is 58.2 Å². The Morgan fingerprint density at radius 3 is 2.30 bits per heavy atom. The molecule has 2 atom stereocenters. The maximum absolute atomic E-state index is 13.3. The van der Waals surface area contributed by atoms with E-state index in [9.17, 15) is 9.59 Å². The van der Waals surface area contributed by atoms with Crippen LogP contribution in [0.2, 0.25) is 0 Å². The van der Waals surface area contributed by atoms with E-state index in [4.69, 9.17) is 0 Å². The zero-order valence-corrected chi connectivity index (χ0v) is 16.9. The largest absolute Gasteiger partial charge is 0.347 e. The molecule has 0 unspecified atom stereocenters. The molecule has 30 heavy (non-hydrogen) atoms. The molecule has 4 rings (SSSR count). The van der Waals surface area contributed by atoms with Gasteiger partial charge in [0.25, 0.3) is 5.91 Å². The van der Waals surface area contributed by atoms with Crippen LogP contribution in [0.3, 0.4) is 0 Å². The normalized spacial score (nSPS) is 16.2. The van der Waals surface area contributed by atoms with Crippen LogP contribution in [0.5, 0.6) is 0 Å². The zero-order chi connectivity index (χ0) is 20.8. The number of aryl methyl sites for hydroxylation is 1. The minimum absolute atomic E-state index is 0.0191. The molecule has 0 heterocycles. The van der Waals surface area contributed by atoms with Crippen molar-refractivity contribution in [2.45, 2.75) is 37.8 Å². The second-order valence-corrected chi connectivity index (χ2v) is 7.73. The Hall–Kier alpha value is -3.40. The van der Waals surface area contributed by atoms with Crippen molar-refractivity contribution in [3.05, 3.63) is 107 Å². The molecule has 3 aromatic rings. The van der Waals surface area contributed by atoms with Crippen LogP contribution in [0.1, 0.15) is 45.9 Å². The number of nitrogens with one attached hydrogen (secondary N) is 2. The van der Waals surface area contributed by atoms with Gasteiger partial charge in [0.1, 0.15) is 6.04 Å². The summed E-state index contributed by atoms with van der Waals surface area (Å²) in [6, 6.07) is 26.4. The molecule has 3 aromatic carbocycles. The van der Waals surface area contributed by atoms with Crippen molar-refractivity contribution in [1.82, 2.24) is 10.6 Å². The number of benzene rings is 3. The van der Waals surface area contributed by atoms with E-state index in [2.05, 4.69) is 22.8 Å². The molecule has 0 radical (unpaired) electrons. The maximum atomic E-state index is 13.3. The van der Waals surface area contributed by atoms with Crippen molar-refractivity contribution in [1.29, 1.82) is 0 Å². The summed E-state index contributed by atoms with van der Waals surface area (Å²) in [4.78, 5) is 26.0. The molecule has 0 saturated heterocycles. The number of fused-ring (bicyclic) bond motifs is 1. The van der Waals surface area contributed by atoms with Gasteiger partial charge in [-0.1, -0.05) is 72.8 Å². The first kappa shape index (κ1) is 19.9. The molecular weight excluding hydrogens is 372 g/mol. The van der Waals surface area contributed by atoms with Crippen molar-refractivity contribution in [3.8, 4) is 0 Å². The monoisotopic (exact) mass is 398 g/mol. The minimum Gasteiger partial charge on any atom is -0.347 e. The number of rotatable bonds is 6. The molecule has 2 amide bonds. The van der Waals surface area contributed by atoms with Gasteiger partial charge in [0.2, 0.25) is 5.91 Å². The molecule has 0 fully saturated rings. The van der Waals surface area contributed by atoms with Crippen LogP contribution >= 0.6 is 0 Å². The van der Waals surface area contributed by atoms with Crippen LogP contribution in [0.15, 0.2) is 84.9 Å². The lowest BCUT2D eigenvalue weighted by Gasteiger charge is -2.28. The second kappa shape index (κ2) is 9.40. The van der Waals surface area contributed by atoms with Crippen LogP contribution in [-0.4, -0.2) is 17.9 Å². The van der Waals surface area contributed by atoms with Crippen molar-refractivity contribution < 1.29 is 9.59 Å². The summed E-state index contributed by atoms with van der Waals surface area (Å²) in [5.74, 6) is -0.388. The molecule has 2 N–H and O–H groups in total. The Morgan fingerprint density at radius 1 is 0.867 bits per heavy atom. The summed E-state index contributed by atoms with van der Waals surface area (Å²) in [5.41, 5.74) is 4.04. The molecule has 0 saturated carbocycles. The molecule has 1 aliphatic rings. The summed E-state index contributed by atoms with van der Waals surface area (Å²) >= 11 is 0. The Kier molecular flexibility index (Phi) is 6.23. The van der Waals surface area contributed by atoms with Gasteiger partial charge >= 0.3 is 0 Å². The average Bonchev–Trinajstić information content (AvgIpc) is 2.80. The first-order valence-electron chi connectivity index (χ1n) is 10.5. The maximum Gasteiger partial charge on any atom is 0.251 e. The molecule has 0 spiro atoms. The highest BCUT2D eigenvalue weighted by Crippen LogP contribution is 2.29. The molecule has 0 bridgehead atoms. The van der Waals surface area contributed by atoms with Gasteiger partial charge in [-0.15, -0.1) is 0 Å². The lowest BCUT2D eigenvalue weighted by Crippen LogP contribution is -2.49. The standard InChI is InChI=1S/C26H26N2O2/c29-25(21-13-5-2-6-14-21)28-24(18-19-10-3-1-4-11-19)26(30)27-23-17-9-15-20-12-7-8-16-22(20)23/h1-8,10-14,16,23-24H,9,15,17-18H2,(H,27,30)(H,28,29)/t23-,24-/m1/s1. The third kappa shape index (κ3) is 4.77. The SMILES string of the molecule is O=C(N[C@H](Cc1ccccc1)C(=O)N[C@@H]1CCCc2ccccc21)c1ccccc1. The molecule has 4 nitrogen and oxygen atoms in total. The minimum atomic E-state index is -0.644. The van der Waals surface area contributed by atoms with Gasteiger partial charge in [-0.2, -0.15) is 0 Å². The van der Waals surface area contributed by atoms with E-state index in [-0.39, 0.29) is 17.9 Å². The first-order valence-corrected chi connectivity index (χ1v) is 10.5. The summed E-state index contributed by atoms with van der Waals surface area (Å²) in [5, 5.41) is 6.14. The fraction of sp³-hybridized carbons (Fsp3) is 0.231. The smallest absolute Gasteiger partial charge is 0.251 e. The quantitative estimate of drug-likeness (QED) is 0.653. The highest BCUT2D eigenvalue weighted by molar-refractivity contribution is 5.97. The van der Waals surface area contributed by atoms with Crippen LogP contribution in [-0.2, 0) is 17.6 Å². The second-order valence-electron chi connectivity index (χ2n) is 7.73. The molecule has 0 aromatic heterocycles. The Bertz CT molecular complexity index is 1000. The number of amides is 2. The zero-order valence-electron chi connectivity index (χ0n) is 16.9. The molecular formula is C26H26N2O2. The lowest BCUT2D eigenvalue weighted by molar-refractivity contribution is -0.123. The van der Waals surface area contributed by atoms with E-state index < -0.39 is 6.04 Å². The van der Waals surface area contributed by atoms with Crippen LogP contribution in [0, 0.1) is 0 Å². The number of carbonyl (C=O) groups excluding carboxylic acids is 2. The fourth-order valence-electron chi connectivity index (χ4n) is 4.07. The summed E-state index contributed by atoms with van der Waals surface area (Å²) in [7, 11) is 0. The predicted molar refractivity (Wildman–Crippen MR) is 118 cm³/mol. The van der Waals surface area contributed by atoms with Gasteiger partial charge in [0, 0.05) is 12.0 Å². The summed E-state index contributed by atoms with van der Waals surface area (Å²) in [6.45, 7) is 0. The molecule has 4 heteroatoms. The van der Waals surface area contributed by atoms with Gasteiger partial charge < -0.3 is 10.6 Å². The summed E-state index contributed by atoms with van der Waals surface area (Å²) in [6.07, 6.45) is 3.44. The Labute approximate surface area is 177 Å². The van der Waals surface area contributed by atoms with E-state index in [1.54, 1.807) is 12.1 Å². The van der Waals surface area contributed by atoms with Crippen LogP contribution < -0.4 is 10.6 Å². The molecule has 0 aliphatic heterocycles. The van der Waals surface area contributed by atoms with Crippen molar-refractivity contribution >= 4 is 11.8 Å². The van der Waals surface area contributed by atoms with Gasteiger partial charge in [-0.05, 0) is 48.1 Å². The first-order chi connectivity index (χ1) is 14.7. The van der Waals surface area contributed by atoms with Gasteiger partial charge in [-0.3, -0.25) is 9.59 Å². The third-order valence-electron chi connectivity index (χ3n) is 5.63. The lowest BCUT2D eigenvalue weighted by atomic mass is 9.87. The van der Waals surface area contributed by atoms with Crippen molar-refractivity contribution in [2.24, 2.45) is 0 Å². The van der Waals surface area contributed by atoms with E-state index in [1.165, 1.54) is 11.1 Å². The number of hydrogen-bond donors (Lipinski definition) is 2.